The molecule has 0 fully saturated rings. The zero-order valence-electron chi connectivity index (χ0n) is 7.22. The quantitative estimate of drug-likeness (QED) is 0.802. The van der Waals surface area contributed by atoms with Crippen molar-refractivity contribution >= 4 is 5.97 Å². The van der Waals surface area contributed by atoms with E-state index in [2.05, 4.69) is 0 Å². The van der Waals surface area contributed by atoms with Gasteiger partial charge in [-0.1, -0.05) is 12.1 Å². The van der Waals surface area contributed by atoms with Crippen LogP contribution in [-0.2, 0) is 10.7 Å². The fraction of sp³-hybridized carbons (Fsp3) is 0.222. The Morgan fingerprint density at radius 1 is 1.43 bits per heavy atom. The molecule has 5 heteroatoms. The van der Waals surface area contributed by atoms with Crippen LogP contribution in [0.15, 0.2) is 18.2 Å². The molecule has 0 saturated heterocycles. The summed E-state index contributed by atoms with van der Waals surface area (Å²) in [7, 11) is 0. The zero-order chi connectivity index (χ0) is 10.9. The maximum Gasteiger partial charge on any atom is 0.379 e. The minimum atomic E-state index is -4.18. The lowest BCUT2D eigenvalue weighted by Crippen LogP contribution is -2.26. The molecule has 14 heavy (non-hydrogen) atoms. The first-order chi connectivity index (χ1) is 6.37. The van der Waals surface area contributed by atoms with E-state index in [1.54, 1.807) is 0 Å². The first-order valence-corrected chi connectivity index (χ1v) is 3.74. The van der Waals surface area contributed by atoms with Gasteiger partial charge in [0.2, 0.25) is 0 Å². The van der Waals surface area contributed by atoms with Crippen LogP contribution in [0.4, 0.5) is 13.2 Å². The molecular weight excluding hydrogens is 197 g/mol. The van der Waals surface area contributed by atoms with Crippen LogP contribution in [0.25, 0.3) is 0 Å². The molecule has 0 spiro atoms. The van der Waals surface area contributed by atoms with Gasteiger partial charge >= 0.3 is 11.9 Å². The summed E-state index contributed by atoms with van der Waals surface area (Å²) >= 11 is 0. The van der Waals surface area contributed by atoms with Crippen LogP contribution in [0.3, 0.4) is 0 Å². The minimum absolute atomic E-state index is 0.0107. The number of rotatable bonds is 2. The molecule has 0 unspecified atom stereocenters. The molecule has 0 radical (unpaired) electrons. The zero-order valence-corrected chi connectivity index (χ0v) is 7.22. The van der Waals surface area contributed by atoms with Crippen LogP contribution in [0.2, 0.25) is 0 Å². The molecule has 2 nitrogen and oxygen atoms in total. The van der Waals surface area contributed by atoms with Crippen molar-refractivity contribution in [3.05, 3.63) is 35.1 Å². The highest BCUT2D eigenvalue weighted by molar-refractivity contribution is 5.77. The lowest BCUT2D eigenvalue weighted by atomic mass is 10.0. The van der Waals surface area contributed by atoms with Gasteiger partial charge in [0.15, 0.2) is 0 Å². The van der Waals surface area contributed by atoms with E-state index in [0.717, 1.165) is 6.07 Å². The summed E-state index contributed by atoms with van der Waals surface area (Å²) in [6.45, 7) is 1.29. The number of halogens is 3. The van der Waals surface area contributed by atoms with Crippen molar-refractivity contribution < 1.29 is 23.1 Å². The molecule has 0 amide bonds. The Hall–Kier alpha value is -1.52. The molecule has 1 aromatic carbocycles. The van der Waals surface area contributed by atoms with E-state index in [4.69, 9.17) is 5.11 Å². The maximum absolute atomic E-state index is 13.1. The monoisotopic (exact) mass is 204 g/mol. The van der Waals surface area contributed by atoms with Gasteiger partial charge in [-0.2, -0.15) is 8.78 Å². The topological polar surface area (TPSA) is 37.3 Å². The number of benzene rings is 1. The number of hydrogen-bond donors (Lipinski definition) is 1. The second-order valence-corrected chi connectivity index (χ2v) is 2.82. The third kappa shape index (κ3) is 1.57. The van der Waals surface area contributed by atoms with Crippen molar-refractivity contribution in [1.82, 2.24) is 0 Å². The van der Waals surface area contributed by atoms with Crippen molar-refractivity contribution in [2.75, 3.05) is 0 Å². The average Bonchev–Trinajstić information content (AvgIpc) is 2.09. The molecule has 0 heterocycles. The molecule has 1 N–H and O–H groups in total. The second-order valence-electron chi connectivity index (χ2n) is 2.82. The SMILES string of the molecule is Cc1cccc(C(F)(F)C(=O)O)c1F. The normalized spacial score (nSPS) is 11.4. The van der Waals surface area contributed by atoms with E-state index in [-0.39, 0.29) is 5.56 Å². The van der Waals surface area contributed by atoms with Crippen LogP contribution in [0, 0.1) is 12.7 Å². The fourth-order valence-corrected chi connectivity index (χ4v) is 1.01. The van der Waals surface area contributed by atoms with E-state index in [1.807, 2.05) is 0 Å². The molecule has 1 rings (SSSR count). The summed E-state index contributed by atoms with van der Waals surface area (Å²) in [6.07, 6.45) is 0. The highest BCUT2D eigenvalue weighted by Gasteiger charge is 2.43. The van der Waals surface area contributed by atoms with Gasteiger partial charge in [0, 0.05) is 0 Å². The third-order valence-electron chi connectivity index (χ3n) is 1.80. The van der Waals surface area contributed by atoms with Gasteiger partial charge < -0.3 is 5.11 Å². The number of carboxylic acid groups (broad SMARTS) is 1. The van der Waals surface area contributed by atoms with Crippen LogP contribution < -0.4 is 0 Å². The molecular formula is C9H7F3O2. The first-order valence-electron chi connectivity index (χ1n) is 3.74. The summed E-state index contributed by atoms with van der Waals surface area (Å²) in [6, 6.07) is 3.23. The number of carbonyl (C=O) groups is 1. The Kier molecular flexibility index (Phi) is 2.51. The Bertz CT molecular complexity index is 374. The van der Waals surface area contributed by atoms with Gasteiger partial charge in [0.1, 0.15) is 5.82 Å². The first kappa shape index (κ1) is 10.6. The van der Waals surface area contributed by atoms with Gasteiger partial charge in [-0.05, 0) is 18.6 Å². The van der Waals surface area contributed by atoms with Crippen molar-refractivity contribution in [3.63, 3.8) is 0 Å². The Labute approximate surface area is 78.0 Å². The van der Waals surface area contributed by atoms with Gasteiger partial charge in [-0.25, -0.2) is 9.18 Å². The summed E-state index contributed by atoms with van der Waals surface area (Å²) in [5, 5.41) is 8.19. The van der Waals surface area contributed by atoms with E-state index in [0.29, 0.717) is 0 Å². The largest absolute Gasteiger partial charge is 0.477 e. The Morgan fingerprint density at radius 3 is 2.50 bits per heavy atom. The minimum Gasteiger partial charge on any atom is -0.477 e. The number of aliphatic carboxylic acids is 1. The van der Waals surface area contributed by atoms with E-state index in [1.165, 1.54) is 19.1 Å². The van der Waals surface area contributed by atoms with Gasteiger partial charge in [0.05, 0.1) is 5.56 Å². The Morgan fingerprint density at radius 2 is 2.00 bits per heavy atom. The van der Waals surface area contributed by atoms with Gasteiger partial charge in [0.25, 0.3) is 0 Å². The number of aryl methyl sites for hydroxylation is 1. The molecule has 76 valence electrons. The van der Waals surface area contributed by atoms with Crippen molar-refractivity contribution in [2.24, 2.45) is 0 Å². The van der Waals surface area contributed by atoms with Crippen LogP contribution >= 0.6 is 0 Å². The maximum atomic E-state index is 13.1. The fourth-order valence-electron chi connectivity index (χ4n) is 1.01. The van der Waals surface area contributed by atoms with E-state index >= 15 is 0 Å². The summed E-state index contributed by atoms with van der Waals surface area (Å²) in [4.78, 5) is 10.2. The molecule has 0 aromatic heterocycles. The predicted molar refractivity (Wildman–Crippen MR) is 42.7 cm³/mol. The number of hydrogen-bond acceptors (Lipinski definition) is 1. The smallest absolute Gasteiger partial charge is 0.379 e. The molecule has 0 aliphatic heterocycles. The second kappa shape index (κ2) is 3.32. The van der Waals surface area contributed by atoms with Crippen molar-refractivity contribution in [1.29, 1.82) is 0 Å². The van der Waals surface area contributed by atoms with Gasteiger partial charge in [-0.3, -0.25) is 0 Å². The van der Waals surface area contributed by atoms with Crippen LogP contribution in [-0.4, -0.2) is 11.1 Å². The average molecular weight is 204 g/mol. The standard InChI is InChI=1S/C9H7F3O2/c1-5-3-2-4-6(7(5)10)9(11,12)8(13)14/h2-4H,1H3,(H,13,14). The van der Waals surface area contributed by atoms with Crippen LogP contribution in [0.5, 0.6) is 0 Å². The molecule has 0 aliphatic carbocycles. The Balaban J connectivity index is 3.33. The van der Waals surface area contributed by atoms with Gasteiger partial charge in [-0.15, -0.1) is 0 Å². The highest BCUT2D eigenvalue weighted by atomic mass is 19.3. The predicted octanol–water partition coefficient (Wildman–Crippen LogP) is 2.31. The molecule has 0 bridgehead atoms. The summed E-state index contributed by atoms with van der Waals surface area (Å²) in [5.74, 6) is -7.72. The van der Waals surface area contributed by atoms with Crippen LogP contribution in [0.1, 0.15) is 11.1 Å². The lowest BCUT2D eigenvalue weighted by molar-refractivity contribution is -0.166. The molecule has 0 saturated carbocycles. The van der Waals surface area contributed by atoms with E-state index < -0.39 is 23.3 Å². The van der Waals surface area contributed by atoms with Crippen molar-refractivity contribution in [3.8, 4) is 0 Å². The third-order valence-corrected chi connectivity index (χ3v) is 1.80. The van der Waals surface area contributed by atoms with Crippen molar-refractivity contribution in [2.45, 2.75) is 12.8 Å². The highest BCUT2D eigenvalue weighted by Crippen LogP contribution is 2.31. The summed E-state index contributed by atoms with van der Waals surface area (Å²) < 4.78 is 38.9. The molecule has 0 aliphatic rings. The summed E-state index contributed by atoms with van der Waals surface area (Å²) in [5.41, 5.74) is -1.12. The lowest BCUT2D eigenvalue weighted by Gasteiger charge is -2.12. The molecule has 0 atom stereocenters. The van der Waals surface area contributed by atoms with E-state index in [9.17, 15) is 18.0 Å². The molecule has 1 aromatic rings. The number of carboxylic acids is 1. The number of alkyl halides is 2.